The molecule has 3 heteroatoms. The maximum atomic E-state index is 6.04. The van der Waals surface area contributed by atoms with Crippen molar-refractivity contribution in [2.45, 2.75) is 43.7 Å². The Bertz CT molecular complexity index is 350. The van der Waals surface area contributed by atoms with E-state index in [1.54, 1.807) is 0 Å². The summed E-state index contributed by atoms with van der Waals surface area (Å²) < 4.78 is 0. The molecule has 0 amide bonds. The summed E-state index contributed by atoms with van der Waals surface area (Å²) >= 11 is 7.97. The predicted octanol–water partition coefficient (Wildman–Crippen LogP) is 4.09. The maximum Gasteiger partial charge on any atom is 0.0410 e. The Morgan fingerprint density at radius 3 is 2.94 bits per heavy atom. The van der Waals surface area contributed by atoms with Crippen molar-refractivity contribution in [3.8, 4) is 0 Å². The number of rotatable bonds is 6. The second-order valence-electron chi connectivity index (χ2n) is 4.26. The maximum absolute atomic E-state index is 6.04. The fourth-order valence-corrected chi connectivity index (χ4v) is 2.68. The second kappa shape index (κ2) is 5.95. The van der Waals surface area contributed by atoms with Crippen LogP contribution in [0.25, 0.3) is 0 Å². The van der Waals surface area contributed by atoms with Gasteiger partial charge < -0.3 is 5.32 Å². The summed E-state index contributed by atoms with van der Waals surface area (Å²) in [5.41, 5.74) is 1.35. The average molecular weight is 256 g/mol. The van der Waals surface area contributed by atoms with Crippen LogP contribution in [0.2, 0.25) is 5.02 Å². The van der Waals surface area contributed by atoms with Crippen molar-refractivity contribution < 1.29 is 0 Å². The van der Waals surface area contributed by atoms with Crippen molar-refractivity contribution in [3.05, 3.63) is 28.8 Å². The lowest BCUT2D eigenvalue weighted by atomic mass is 10.2. The molecule has 1 aromatic carbocycles. The molecule has 1 fully saturated rings. The number of halogens is 1. The quantitative estimate of drug-likeness (QED) is 0.769. The Morgan fingerprint density at radius 1 is 1.44 bits per heavy atom. The lowest BCUT2D eigenvalue weighted by Gasteiger charge is -2.10. The first kappa shape index (κ1) is 12.3. The molecule has 1 aliphatic carbocycles. The van der Waals surface area contributed by atoms with Crippen molar-refractivity contribution in [3.63, 3.8) is 0 Å². The second-order valence-corrected chi connectivity index (χ2v) is 5.83. The third-order valence-corrected chi connectivity index (χ3v) is 4.20. The number of nitrogens with one attached hydrogen (secondary N) is 1. The summed E-state index contributed by atoms with van der Waals surface area (Å²) in [5, 5.41) is 4.39. The third-order valence-electron chi connectivity index (χ3n) is 2.64. The van der Waals surface area contributed by atoms with Gasteiger partial charge in [0, 0.05) is 22.5 Å². The molecule has 2 rings (SSSR count). The van der Waals surface area contributed by atoms with Gasteiger partial charge in [0.1, 0.15) is 0 Å². The van der Waals surface area contributed by atoms with Gasteiger partial charge in [-0.3, -0.25) is 0 Å². The molecule has 16 heavy (non-hydrogen) atoms. The number of hydrogen-bond acceptors (Lipinski definition) is 2. The van der Waals surface area contributed by atoms with Crippen LogP contribution in [0.1, 0.15) is 31.7 Å². The Balaban J connectivity index is 2.01. The van der Waals surface area contributed by atoms with Crippen LogP contribution >= 0.6 is 23.4 Å². The zero-order valence-corrected chi connectivity index (χ0v) is 11.2. The average Bonchev–Trinajstić information content (AvgIpc) is 3.09. The molecule has 1 aromatic rings. The number of thioether (sulfide) groups is 1. The molecule has 0 atom stereocenters. The molecule has 0 heterocycles. The highest BCUT2D eigenvalue weighted by Crippen LogP contribution is 2.27. The van der Waals surface area contributed by atoms with Gasteiger partial charge in [-0.15, -0.1) is 11.8 Å². The number of hydrogen-bond donors (Lipinski definition) is 1. The summed E-state index contributed by atoms with van der Waals surface area (Å²) in [6, 6.07) is 6.98. The molecule has 0 aromatic heterocycles. The first-order valence-corrected chi connectivity index (χ1v) is 7.30. The van der Waals surface area contributed by atoms with Crippen molar-refractivity contribution in [2.75, 3.05) is 5.75 Å². The van der Waals surface area contributed by atoms with E-state index in [1.807, 2.05) is 17.8 Å². The lowest BCUT2D eigenvalue weighted by molar-refractivity contribution is 0.680. The van der Waals surface area contributed by atoms with E-state index >= 15 is 0 Å². The van der Waals surface area contributed by atoms with E-state index in [9.17, 15) is 0 Å². The largest absolute Gasteiger partial charge is 0.310 e. The zero-order chi connectivity index (χ0) is 11.4. The molecule has 0 bridgehead atoms. The third kappa shape index (κ3) is 3.69. The molecule has 1 saturated carbocycles. The van der Waals surface area contributed by atoms with Crippen molar-refractivity contribution in [2.24, 2.45) is 0 Å². The van der Waals surface area contributed by atoms with Crippen LogP contribution in [0.15, 0.2) is 23.1 Å². The van der Waals surface area contributed by atoms with E-state index in [0.29, 0.717) is 0 Å². The van der Waals surface area contributed by atoms with Crippen LogP contribution in [-0.4, -0.2) is 11.8 Å². The first-order valence-electron chi connectivity index (χ1n) is 5.94. The van der Waals surface area contributed by atoms with Crippen LogP contribution in [0.4, 0.5) is 0 Å². The van der Waals surface area contributed by atoms with Crippen LogP contribution in [0, 0.1) is 0 Å². The van der Waals surface area contributed by atoms with E-state index in [2.05, 4.69) is 24.4 Å². The Hall–Kier alpha value is -0.180. The van der Waals surface area contributed by atoms with Gasteiger partial charge in [0.2, 0.25) is 0 Å². The molecular weight excluding hydrogens is 238 g/mol. The smallest absolute Gasteiger partial charge is 0.0410 e. The molecule has 0 aliphatic heterocycles. The van der Waals surface area contributed by atoms with Gasteiger partial charge in [0.15, 0.2) is 0 Å². The van der Waals surface area contributed by atoms with Crippen molar-refractivity contribution in [1.29, 1.82) is 0 Å². The van der Waals surface area contributed by atoms with E-state index in [-0.39, 0.29) is 0 Å². The minimum Gasteiger partial charge on any atom is -0.310 e. The molecular formula is C13H18ClNS. The van der Waals surface area contributed by atoms with Gasteiger partial charge in [0.25, 0.3) is 0 Å². The molecule has 0 radical (unpaired) electrons. The van der Waals surface area contributed by atoms with Gasteiger partial charge in [0.05, 0.1) is 0 Å². The highest BCUT2D eigenvalue weighted by atomic mass is 35.5. The highest BCUT2D eigenvalue weighted by Gasteiger charge is 2.20. The summed E-state index contributed by atoms with van der Waals surface area (Å²) in [4.78, 5) is 1.37. The van der Waals surface area contributed by atoms with Gasteiger partial charge in [-0.05, 0) is 48.8 Å². The first-order chi connectivity index (χ1) is 7.79. The Labute approximate surface area is 107 Å². The standard InChI is InChI=1S/C13H18ClNS/c1-2-7-16-13-6-3-11(14)8-10(13)9-15-12-4-5-12/h3,6,8,12,15H,2,4-5,7,9H2,1H3. The van der Waals surface area contributed by atoms with Crippen molar-refractivity contribution >= 4 is 23.4 Å². The molecule has 88 valence electrons. The zero-order valence-electron chi connectivity index (χ0n) is 9.63. The molecule has 1 N–H and O–H groups in total. The molecule has 0 spiro atoms. The van der Waals surface area contributed by atoms with E-state index < -0.39 is 0 Å². The van der Waals surface area contributed by atoms with E-state index in [4.69, 9.17) is 11.6 Å². The van der Waals surface area contributed by atoms with Crippen molar-refractivity contribution in [1.82, 2.24) is 5.32 Å². The summed E-state index contributed by atoms with van der Waals surface area (Å²) in [6.07, 6.45) is 3.87. The minimum absolute atomic E-state index is 0.753. The normalized spacial score (nSPS) is 15.4. The fraction of sp³-hybridized carbons (Fsp3) is 0.538. The minimum atomic E-state index is 0.753. The Morgan fingerprint density at radius 2 is 2.25 bits per heavy atom. The van der Waals surface area contributed by atoms with Crippen LogP contribution in [0.3, 0.4) is 0 Å². The highest BCUT2D eigenvalue weighted by molar-refractivity contribution is 7.99. The molecule has 0 saturated heterocycles. The Kier molecular flexibility index (Phi) is 4.56. The van der Waals surface area contributed by atoms with Gasteiger partial charge in [-0.25, -0.2) is 0 Å². The lowest BCUT2D eigenvalue weighted by Crippen LogP contribution is -2.15. The van der Waals surface area contributed by atoms with E-state index in [1.165, 1.54) is 35.5 Å². The molecule has 0 unspecified atom stereocenters. The number of benzene rings is 1. The van der Waals surface area contributed by atoms with Gasteiger partial charge in [-0.1, -0.05) is 18.5 Å². The molecule has 1 nitrogen and oxygen atoms in total. The van der Waals surface area contributed by atoms with Gasteiger partial charge >= 0.3 is 0 Å². The SMILES string of the molecule is CCCSc1ccc(Cl)cc1CNC1CC1. The summed E-state index contributed by atoms with van der Waals surface area (Å²) in [7, 11) is 0. The fourth-order valence-electron chi connectivity index (χ4n) is 1.58. The van der Waals surface area contributed by atoms with Crippen LogP contribution in [0.5, 0.6) is 0 Å². The van der Waals surface area contributed by atoms with Crippen LogP contribution < -0.4 is 5.32 Å². The summed E-state index contributed by atoms with van der Waals surface area (Å²) in [5.74, 6) is 1.18. The van der Waals surface area contributed by atoms with Gasteiger partial charge in [-0.2, -0.15) is 0 Å². The van der Waals surface area contributed by atoms with E-state index in [0.717, 1.165) is 17.6 Å². The topological polar surface area (TPSA) is 12.0 Å². The summed E-state index contributed by atoms with van der Waals surface area (Å²) in [6.45, 7) is 3.17. The molecule has 1 aliphatic rings. The monoisotopic (exact) mass is 255 g/mol. The predicted molar refractivity (Wildman–Crippen MR) is 72.3 cm³/mol. The van der Waals surface area contributed by atoms with Crippen LogP contribution in [-0.2, 0) is 6.54 Å².